The third-order valence-corrected chi connectivity index (χ3v) is 4.06. The average Bonchev–Trinajstić information content (AvgIpc) is 2.81. The summed E-state index contributed by atoms with van der Waals surface area (Å²) in [5, 5.41) is 15.9. The molecule has 1 saturated heterocycles. The fourth-order valence-electron chi connectivity index (χ4n) is 2.85. The van der Waals surface area contributed by atoms with Gasteiger partial charge in [-0.05, 0) is 37.5 Å². The van der Waals surface area contributed by atoms with Crippen molar-refractivity contribution in [2.45, 2.75) is 37.9 Å². The normalized spacial score (nSPS) is 26.6. The SMILES string of the molecule is CC1(C(O)c2ccc3c(c2)NC(=O)CC(=O)N3)CCCO1. The van der Waals surface area contributed by atoms with E-state index in [4.69, 9.17) is 4.74 Å². The lowest BCUT2D eigenvalue weighted by molar-refractivity contribution is -0.123. The zero-order chi connectivity index (χ0) is 15.0. The molecule has 2 heterocycles. The molecular weight excluding hydrogens is 272 g/mol. The quantitative estimate of drug-likeness (QED) is 0.721. The topological polar surface area (TPSA) is 87.7 Å². The van der Waals surface area contributed by atoms with Gasteiger partial charge in [-0.3, -0.25) is 9.59 Å². The molecule has 2 amide bonds. The second kappa shape index (κ2) is 5.13. The number of aliphatic hydroxyl groups excluding tert-OH is 1. The summed E-state index contributed by atoms with van der Waals surface area (Å²) in [6.07, 6.45) is 0.730. The number of carbonyl (C=O) groups excluding carboxylic acids is 2. The van der Waals surface area contributed by atoms with Crippen molar-refractivity contribution in [3.63, 3.8) is 0 Å². The van der Waals surface area contributed by atoms with E-state index in [9.17, 15) is 14.7 Å². The van der Waals surface area contributed by atoms with Crippen LogP contribution in [0.1, 0.15) is 37.9 Å². The third-order valence-electron chi connectivity index (χ3n) is 4.06. The van der Waals surface area contributed by atoms with Crippen LogP contribution in [0.4, 0.5) is 11.4 Å². The van der Waals surface area contributed by atoms with Crippen LogP contribution in [0.25, 0.3) is 0 Å². The Morgan fingerprint density at radius 1 is 1.24 bits per heavy atom. The van der Waals surface area contributed by atoms with Gasteiger partial charge in [0, 0.05) is 6.61 Å². The number of benzene rings is 1. The molecule has 2 unspecified atom stereocenters. The summed E-state index contributed by atoms with van der Waals surface area (Å²) >= 11 is 0. The first kappa shape index (κ1) is 14.0. The lowest BCUT2D eigenvalue weighted by atomic mass is 9.90. The number of rotatable bonds is 2. The first-order valence-electron chi connectivity index (χ1n) is 7.04. The van der Waals surface area contributed by atoms with Crippen molar-refractivity contribution in [2.24, 2.45) is 0 Å². The molecule has 0 aromatic heterocycles. The molecule has 2 aliphatic heterocycles. The van der Waals surface area contributed by atoms with Crippen LogP contribution in [0.3, 0.4) is 0 Å². The zero-order valence-electron chi connectivity index (χ0n) is 11.8. The molecule has 3 N–H and O–H groups in total. The van der Waals surface area contributed by atoms with Crippen LogP contribution in [0, 0.1) is 0 Å². The Bertz CT molecular complexity index is 593. The molecule has 112 valence electrons. The van der Waals surface area contributed by atoms with Gasteiger partial charge in [-0.25, -0.2) is 0 Å². The Balaban J connectivity index is 1.92. The summed E-state index contributed by atoms with van der Waals surface area (Å²) in [5.41, 5.74) is 1.10. The van der Waals surface area contributed by atoms with Crippen molar-refractivity contribution < 1.29 is 19.4 Å². The van der Waals surface area contributed by atoms with Crippen LogP contribution >= 0.6 is 0 Å². The van der Waals surface area contributed by atoms with Crippen molar-refractivity contribution in [1.29, 1.82) is 0 Å². The lowest BCUT2D eigenvalue weighted by Gasteiger charge is -2.30. The van der Waals surface area contributed by atoms with Gasteiger partial charge in [0.25, 0.3) is 0 Å². The van der Waals surface area contributed by atoms with Gasteiger partial charge in [0.05, 0.1) is 17.0 Å². The molecule has 6 heteroatoms. The second-order valence-corrected chi connectivity index (χ2v) is 5.75. The maximum absolute atomic E-state index is 11.6. The van der Waals surface area contributed by atoms with Crippen LogP contribution in [-0.2, 0) is 14.3 Å². The van der Waals surface area contributed by atoms with E-state index in [2.05, 4.69) is 10.6 Å². The van der Waals surface area contributed by atoms with Gasteiger partial charge in [0.2, 0.25) is 11.8 Å². The standard InChI is InChI=1S/C15H18N2O4/c1-15(5-2-6-21-15)14(20)9-3-4-10-11(7-9)17-13(19)8-12(18)16-10/h3-4,7,14,20H,2,5-6,8H2,1H3,(H,16,18)(H,17,19). The first-order valence-corrected chi connectivity index (χ1v) is 7.04. The van der Waals surface area contributed by atoms with E-state index in [0.717, 1.165) is 12.8 Å². The van der Waals surface area contributed by atoms with Crippen LogP contribution in [-0.4, -0.2) is 29.1 Å². The van der Waals surface area contributed by atoms with Gasteiger partial charge in [0.1, 0.15) is 12.5 Å². The zero-order valence-corrected chi connectivity index (χ0v) is 11.8. The van der Waals surface area contributed by atoms with Crippen LogP contribution in [0.2, 0.25) is 0 Å². The minimum absolute atomic E-state index is 0.201. The molecule has 0 saturated carbocycles. The Labute approximate surface area is 122 Å². The lowest BCUT2D eigenvalue weighted by Crippen LogP contribution is -2.32. The monoisotopic (exact) mass is 290 g/mol. The average molecular weight is 290 g/mol. The number of carbonyl (C=O) groups is 2. The minimum atomic E-state index is -0.777. The van der Waals surface area contributed by atoms with E-state index < -0.39 is 11.7 Å². The van der Waals surface area contributed by atoms with E-state index >= 15 is 0 Å². The maximum Gasteiger partial charge on any atom is 0.233 e. The summed E-state index contributed by atoms with van der Waals surface area (Å²) in [6.45, 7) is 2.53. The van der Waals surface area contributed by atoms with Gasteiger partial charge in [0.15, 0.2) is 0 Å². The number of fused-ring (bicyclic) bond motifs is 1. The smallest absolute Gasteiger partial charge is 0.233 e. The molecule has 1 aromatic carbocycles. The number of amides is 2. The highest BCUT2D eigenvalue weighted by Gasteiger charge is 2.38. The summed E-state index contributed by atoms with van der Waals surface area (Å²) in [7, 11) is 0. The fourth-order valence-corrected chi connectivity index (χ4v) is 2.85. The number of ether oxygens (including phenoxy) is 1. The Kier molecular flexibility index (Phi) is 3.43. The van der Waals surface area contributed by atoms with Gasteiger partial charge in [-0.1, -0.05) is 6.07 Å². The largest absolute Gasteiger partial charge is 0.385 e. The number of aliphatic hydroxyl groups is 1. The minimum Gasteiger partial charge on any atom is -0.385 e. The first-order chi connectivity index (χ1) is 9.98. The summed E-state index contributed by atoms with van der Waals surface area (Å²) in [5.74, 6) is -0.702. The van der Waals surface area contributed by atoms with Crippen molar-refractivity contribution in [3.05, 3.63) is 23.8 Å². The summed E-state index contributed by atoms with van der Waals surface area (Å²) < 4.78 is 5.66. The molecule has 6 nitrogen and oxygen atoms in total. The molecule has 0 radical (unpaired) electrons. The third kappa shape index (κ3) is 2.64. The van der Waals surface area contributed by atoms with Crippen molar-refractivity contribution in [2.75, 3.05) is 17.2 Å². The van der Waals surface area contributed by atoms with E-state index in [-0.39, 0.29) is 18.2 Å². The van der Waals surface area contributed by atoms with E-state index in [1.165, 1.54) is 0 Å². The van der Waals surface area contributed by atoms with Gasteiger partial charge >= 0.3 is 0 Å². The molecular formula is C15H18N2O4. The van der Waals surface area contributed by atoms with Crippen molar-refractivity contribution >= 4 is 23.2 Å². The predicted octanol–water partition coefficient (Wildman–Crippen LogP) is 1.57. The van der Waals surface area contributed by atoms with Gasteiger partial charge in [-0.15, -0.1) is 0 Å². The van der Waals surface area contributed by atoms with E-state index in [0.29, 0.717) is 23.5 Å². The molecule has 0 bridgehead atoms. The molecule has 1 fully saturated rings. The molecule has 0 aliphatic carbocycles. The van der Waals surface area contributed by atoms with Crippen molar-refractivity contribution in [1.82, 2.24) is 0 Å². The number of hydrogen-bond donors (Lipinski definition) is 3. The molecule has 2 atom stereocenters. The van der Waals surface area contributed by atoms with Gasteiger partial charge < -0.3 is 20.5 Å². The van der Waals surface area contributed by atoms with Crippen LogP contribution in [0.5, 0.6) is 0 Å². The van der Waals surface area contributed by atoms with E-state index in [1.54, 1.807) is 18.2 Å². The number of anilines is 2. The highest BCUT2D eigenvalue weighted by atomic mass is 16.5. The summed E-state index contributed by atoms with van der Waals surface area (Å²) in [6, 6.07) is 5.13. The number of hydrogen-bond acceptors (Lipinski definition) is 4. The van der Waals surface area contributed by atoms with Crippen LogP contribution in [0.15, 0.2) is 18.2 Å². The molecule has 0 spiro atoms. The number of nitrogens with one attached hydrogen (secondary N) is 2. The second-order valence-electron chi connectivity index (χ2n) is 5.75. The molecule has 21 heavy (non-hydrogen) atoms. The maximum atomic E-state index is 11.6. The van der Waals surface area contributed by atoms with Crippen LogP contribution < -0.4 is 10.6 Å². The Morgan fingerprint density at radius 3 is 2.62 bits per heavy atom. The molecule has 2 aliphatic rings. The molecule has 3 rings (SSSR count). The highest BCUT2D eigenvalue weighted by molar-refractivity contribution is 6.13. The predicted molar refractivity (Wildman–Crippen MR) is 76.9 cm³/mol. The highest BCUT2D eigenvalue weighted by Crippen LogP contribution is 2.39. The fraction of sp³-hybridized carbons (Fsp3) is 0.467. The van der Waals surface area contributed by atoms with E-state index in [1.807, 2.05) is 6.92 Å². The summed E-state index contributed by atoms with van der Waals surface area (Å²) in [4.78, 5) is 23.1. The van der Waals surface area contributed by atoms with Crippen molar-refractivity contribution in [3.8, 4) is 0 Å². The Morgan fingerprint density at radius 2 is 1.95 bits per heavy atom. The molecule has 1 aromatic rings. The Hall–Kier alpha value is -1.92. The van der Waals surface area contributed by atoms with Gasteiger partial charge in [-0.2, -0.15) is 0 Å².